The van der Waals surface area contributed by atoms with Crippen LogP contribution in [-0.4, -0.2) is 14.9 Å². The zero-order valence-corrected chi connectivity index (χ0v) is 9.02. The van der Waals surface area contributed by atoms with Gasteiger partial charge in [-0.05, 0) is 19.9 Å². The molecule has 1 aromatic heterocycles. The minimum atomic E-state index is -0.413. The molecule has 2 rings (SSSR count). The maximum Gasteiger partial charge on any atom is 0.299 e. The van der Waals surface area contributed by atoms with Gasteiger partial charge < -0.3 is 10.7 Å². The van der Waals surface area contributed by atoms with Crippen molar-refractivity contribution in [3.63, 3.8) is 0 Å². The molecule has 6 nitrogen and oxygen atoms in total. The third-order valence-corrected chi connectivity index (χ3v) is 2.46. The number of hydrogen-bond acceptors (Lipinski definition) is 4. The van der Waals surface area contributed by atoms with Gasteiger partial charge in [0.15, 0.2) is 5.52 Å². The average molecular weight is 220 g/mol. The van der Waals surface area contributed by atoms with E-state index in [1.54, 1.807) is 26.0 Å². The fourth-order valence-electron chi connectivity index (χ4n) is 1.63. The molecule has 1 unspecified atom stereocenters. The van der Waals surface area contributed by atoms with Gasteiger partial charge in [0, 0.05) is 5.56 Å². The number of nitro groups is 1. The second-order valence-corrected chi connectivity index (χ2v) is 3.80. The van der Waals surface area contributed by atoms with Crippen molar-refractivity contribution in [1.29, 1.82) is 0 Å². The highest BCUT2D eigenvalue weighted by Crippen LogP contribution is 2.28. The Kier molecular flexibility index (Phi) is 2.35. The van der Waals surface area contributed by atoms with Crippen LogP contribution in [0.15, 0.2) is 12.1 Å². The zero-order valence-electron chi connectivity index (χ0n) is 9.02. The first kappa shape index (κ1) is 10.6. The second kappa shape index (κ2) is 3.57. The number of rotatable bonds is 2. The number of benzene rings is 1. The number of imidazole rings is 1. The minimum Gasteiger partial charge on any atom is -0.340 e. The molecule has 0 amide bonds. The molecule has 0 saturated heterocycles. The Bertz CT molecular complexity index is 559. The fourth-order valence-corrected chi connectivity index (χ4v) is 1.63. The summed E-state index contributed by atoms with van der Waals surface area (Å²) in [6.45, 7) is 3.47. The van der Waals surface area contributed by atoms with Gasteiger partial charge in [0.1, 0.15) is 5.82 Å². The van der Waals surface area contributed by atoms with Crippen LogP contribution in [0.5, 0.6) is 0 Å². The van der Waals surface area contributed by atoms with E-state index in [1.807, 2.05) is 0 Å². The Morgan fingerprint density at radius 1 is 1.56 bits per heavy atom. The molecule has 0 fully saturated rings. The lowest BCUT2D eigenvalue weighted by Gasteiger charge is -1.96. The lowest BCUT2D eigenvalue weighted by atomic mass is 10.2. The summed E-state index contributed by atoms with van der Waals surface area (Å²) in [6.07, 6.45) is 0. The van der Waals surface area contributed by atoms with E-state index in [0.717, 1.165) is 0 Å². The quantitative estimate of drug-likeness (QED) is 0.595. The van der Waals surface area contributed by atoms with Gasteiger partial charge in [0.25, 0.3) is 5.69 Å². The lowest BCUT2D eigenvalue weighted by molar-refractivity contribution is -0.383. The van der Waals surface area contributed by atoms with Gasteiger partial charge in [-0.2, -0.15) is 0 Å². The Morgan fingerprint density at radius 2 is 2.25 bits per heavy atom. The van der Waals surface area contributed by atoms with Gasteiger partial charge in [-0.25, -0.2) is 4.98 Å². The molecule has 3 N–H and O–H groups in total. The van der Waals surface area contributed by atoms with Gasteiger partial charge in [-0.15, -0.1) is 0 Å². The van der Waals surface area contributed by atoms with E-state index in [0.29, 0.717) is 22.4 Å². The average Bonchev–Trinajstić information content (AvgIpc) is 2.60. The standard InChI is InChI=1S/C10H12N4O2/c1-5-3-4-7-8(9(5)14(15)16)13-10(12-7)6(2)11/h3-4,6H,11H2,1-2H3,(H,12,13). The van der Waals surface area contributed by atoms with Crippen molar-refractivity contribution in [3.8, 4) is 0 Å². The van der Waals surface area contributed by atoms with Crippen molar-refractivity contribution < 1.29 is 4.92 Å². The fraction of sp³-hybridized carbons (Fsp3) is 0.300. The molecular weight excluding hydrogens is 208 g/mol. The SMILES string of the molecule is Cc1ccc2[nH]c(C(C)N)nc2c1[N+](=O)[O-]. The number of nitrogens with zero attached hydrogens (tertiary/aromatic N) is 2. The summed E-state index contributed by atoms with van der Waals surface area (Å²) in [5.41, 5.74) is 7.33. The highest BCUT2D eigenvalue weighted by molar-refractivity contribution is 5.86. The van der Waals surface area contributed by atoms with Crippen LogP contribution in [0, 0.1) is 17.0 Å². The van der Waals surface area contributed by atoms with Gasteiger partial charge in [-0.3, -0.25) is 10.1 Å². The minimum absolute atomic E-state index is 0.0423. The van der Waals surface area contributed by atoms with Crippen molar-refractivity contribution in [1.82, 2.24) is 9.97 Å². The molecule has 1 heterocycles. The van der Waals surface area contributed by atoms with Crippen LogP contribution in [-0.2, 0) is 0 Å². The molecule has 1 aromatic carbocycles. The highest BCUT2D eigenvalue weighted by Gasteiger charge is 2.19. The Hall–Kier alpha value is -1.95. The van der Waals surface area contributed by atoms with Crippen LogP contribution in [0.4, 0.5) is 5.69 Å². The molecule has 6 heteroatoms. The topological polar surface area (TPSA) is 97.8 Å². The van der Waals surface area contributed by atoms with Crippen LogP contribution >= 0.6 is 0 Å². The van der Waals surface area contributed by atoms with Crippen LogP contribution in [0.2, 0.25) is 0 Å². The first-order valence-corrected chi connectivity index (χ1v) is 4.90. The van der Waals surface area contributed by atoms with E-state index in [4.69, 9.17) is 5.73 Å². The number of aryl methyl sites for hydroxylation is 1. The number of fused-ring (bicyclic) bond motifs is 1. The number of nitro benzene ring substituents is 1. The van der Waals surface area contributed by atoms with E-state index >= 15 is 0 Å². The van der Waals surface area contributed by atoms with Crippen molar-refractivity contribution in [3.05, 3.63) is 33.6 Å². The molecule has 0 radical (unpaired) electrons. The number of aromatic amines is 1. The number of hydrogen-bond donors (Lipinski definition) is 2. The lowest BCUT2D eigenvalue weighted by Crippen LogP contribution is -2.06. The van der Waals surface area contributed by atoms with Gasteiger partial charge in [-0.1, -0.05) is 6.07 Å². The third kappa shape index (κ3) is 1.53. The monoisotopic (exact) mass is 220 g/mol. The van der Waals surface area contributed by atoms with Gasteiger partial charge >= 0.3 is 0 Å². The Balaban J connectivity index is 2.77. The number of H-pyrrole nitrogens is 1. The Labute approximate surface area is 91.6 Å². The van der Waals surface area contributed by atoms with Crippen LogP contribution in [0.25, 0.3) is 11.0 Å². The van der Waals surface area contributed by atoms with Crippen LogP contribution in [0.3, 0.4) is 0 Å². The smallest absolute Gasteiger partial charge is 0.299 e. The number of nitrogens with two attached hydrogens (primary N) is 1. The van der Waals surface area contributed by atoms with Crippen LogP contribution in [0.1, 0.15) is 24.4 Å². The maximum atomic E-state index is 10.9. The summed E-state index contributed by atoms with van der Waals surface area (Å²) in [7, 11) is 0. The van der Waals surface area contributed by atoms with Crippen molar-refractivity contribution in [2.75, 3.05) is 0 Å². The molecular formula is C10H12N4O2. The molecule has 0 aliphatic heterocycles. The highest BCUT2D eigenvalue weighted by atomic mass is 16.6. The molecule has 0 saturated carbocycles. The molecule has 0 bridgehead atoms. The predicted octanol–water partition coefficient (Wildman–Crippen LogP) is 1.80. The molecule has 0 aliphatic rings. The van der Waals surface area contributed by atoms with Gasteiger partial charge in [0.05, 0.1) is 16.5 Å². The van der Waals surface area contributed by atoms with E-state index in [9.17, 15) is 10.1 Å². The predicted molar refractivity (Wildman–Crippen MR) is 60.1 cm³/mol. The normalized spacial score (nSPS) is 12.9. The summed E-state index contributed by atoms with van der Waals surface area (Å²) < 4.78 is 0. The van der Waals surface area contributed by atoms with E-state index < -0.39 is 4.92 Å². The zero-order chi connectivity index (χ0) is 11.9. The summed E-state index contributed by atoms with van der Waals surface area (Å²) >= 11 is 0. The molecule has 0 aliphatic carbocycles. The van der Waals surface area contributed by atoms with Gasteiger partial charge in [0.2, 0.25) is 0 Å². The first-order chi connectivity index (χ1) is 7.50. The first-order valence-electron chi connectivity index (χ1n) is 4.90. The van der Waals surface area contributed by atoms with E-state index in [2.05, 4.69) is 9.97 Å². The maximum absolute atomic E-state index is 10.9. The van der Waals surface area contributed by atoms with Crippen molar-refractivity contribution in [2.45, 2.75) is 19.9 Å². The van der Waals surface area contributed by atoms with Crippen LogP contribution < -0.4 is 5.73 Å². The van der Waals surface area contributed by atoms with Crippen molar-refractivity contribution >= 4 is 16.7 Å². The van der Waals surface area contributed by atoms with E-state index in [1.165, 1.54) is 0 Å². The van der Waals surface area contributed by atoms with Crippen molar-refractivity contribution in [2.24, 2.45) is 5.73 Å². The third-order valence-electron chi connectivity index (χ3n) is 2.46. The van der Waals surface area contributed by atoms with E-state index in [-0.39, 0.29) is 11.7 Å². The number of aromatic nitrogens is 2. The molecule has 0 spiro atoms. The number of nitrogens with one attached hydrogen (secondary N) is 1. The second-order valence-electron chi connectivity index (χ2n) is 3.80. The largest absolute Gasteiger partial charge is 0.340 e. The summed E-state index contributed by atoms with van der Waals surface area (Å²) in [6, 6.07) is 3.20. The molecule has 16 heavy (non-hydrogen) atoms. The Morgan fingerprint density at radius 3 is 2.81 bits per heavy atom. The molecule has 84 valence electrons. The summed E-state index contributed by atoms with van der Waals surface area (Å²) in [5, 5.41) is 10.9. The molecule has 2 aromatic rings. The summed E-state index contributed by atoms with van der Waals surface area (Å²) in [4.78, 5) is 17.7. The summed E-state index contributed by atoms with van der Waals surface area (Å²) in [5.74, 6) is 0.559. The molecule has 1 atom stereocenters.